The smallest absolute Gasteiger partial charge is 0.263 e. The predicted molar refractivity (Wildman–Crippen MR) is 143 cm³/mol. The quantitative estimate of drug-likeness (QED) is 0.290. The summed E-state index contributed by atoms with van der Waals surface area (Å²) >= 11 is 3.47. The Morgan fingerprint density at radius 1 is 0.909 bits per heavy atom. The molecule has 4 nitrogen and oxygen atoms in total. The monoisotopic (exact) mass is 476 g/mol. The van der Waals surface area contributed by atoms with Gasteiger partial charge in [0.15, 0.2) is 0 Å². The third-order valence-electron chi connectivity index (χ3n) is 6.43. The average molecular weight is 477 g/mol. The Hall–Kier alpha value is -2.70. The van der Waals surface area contributed by atoms with Gasteiger partial charge >= 0.3 is 0 Å². The van der Waals surface area contributed by atoms with Gasteiger partial charge in [-0.15, -0.1) is 22.7 Å². The van der Waals surface area contributed by atoms with E-state index in [9.17, 15) is 4.79 Å². The SMILES string of the molecule is CN(C)c1ccc2c(-c3ccc(C(=O)N4CCCCC4)s3)c3ccc(=[N+](C)C)cc-3sc2c1. The van der Waals surface area contributed by atoms with Crippen LogP contribution in [0.25, 0.3) is 31.0 Å². The first kappa shape index (κ1) is 22.1. The number of rotatable bonds is 3. The van der Waals surface area contributed by atoms with Crippen LogP contribution in [0.1, 0.15) is 28.9 Å². The van der Waals surface area contributed by atoms with Crippen LogP contribution < -0.4 is 14.8 Å². The largest absolute Gasteiger partial charge is 0.378 e. The molecule has 1 aromatic heterocycles. The summed E-state index contributed by atoms with van der Waals surface area (Å²) in [4.78, 5) is 20.6. The first-order valence-corrected chi connectivity index (χ1v) is 13.1. The number of hydrogen-bond acceptors (Lipinski definition) is 4. The minimum atomic E-state index is 0.183. The number of carbonyl (C=O) groups is 1. The van der Waals surface area contributed by atoms with Crippen molar-refractivity contribution in [2.45, 2.75) is 19.3 Å². The van der Waals surface area contributed by atoms with Gasteiger partial charge in [0, 0.05) is 76.0 Å². The van der Waals surface area contributed by atoms with Crippen LogP contribution in [-0.2, 0) is 0 Å². The molecule has 1 saturated heterocycles. The summed E-state index contributed by atoms with van der Waals surface area (Å²) < 4.78 is 3.41. The van der Waals surface area contributed by atoms with Gasteiger partial charge in [0.05, 0.1) is 4.88 Å². The summed E-state index contributed by atoms with van der Waals surface area (Å²) in [7, 11) is 8.32. The van der Waals surface area contributed by atoms with E-state index in [0.717, 1.165) is 35.7 Å². The van der Waals surface area contributed by atoms with E-state index < -0.39 is 0 Å². The minimum Gasteiger partial charge on any atom is -0.378 e. The molecule has 0 radical (unpaired) electrons. The number of fused-ring (bicyclic) bond motifs is 2. The molecular formula is C27H30N3OS2+. The highest BCUT2D eigenvalue weighted by molar-refractivity contribution is 7.22. The number of carbonyl (C=O) groups excluding carboxylic acids is 1. The van der Waals surface area contributed by atoms with Gasteiger partial charge in [-0.05, 0) is 49.6 Å². The number of nitrogens with zero attached hydrogens (tertiary/aromatic N) is 3. The number of benzene rings is 2. The van der Waals surface area contributed by atoms with Crippen molar-refractivity contribution in [2.24, 2.45) is 0 Å². The van der Waals surface area contributed by atoms with Crippen LogP contribution in [0, 0.1) is 0 Å². The number of piperidine rings is 1. The van der Waals surface area contributed by atoms with Gasteiger partial charge in [-0.3, -0.25) is 4.79 Å². The van der Waals surface area contributed by atoms with E-state index in [0.29, 0.717) is 0 Å². The molecule has 3 aliphatic rings. The predicted octanol–water partition coefficient (Wildman–Crippen LogP) is 5.46. The van der Waals surface area contributed by atoms with E-state index in [1.165, 1.54) is 43.6 Å². The van der Waals surface area contributed by atoms with Gasteiger partial charge in [-0.25, -0.2) is 4.58 Å². The number of amides is 1. The van der Waals surface area contributed by atoms with Gasteiger partial charge in [-0.2, -0.15) is 0 Å². The lowest BCUT2D eigenvalue weighted by molar-refractivity contribution is 0.0729. The Kier molecular flexibility index (Phi) is 5.97. The lowest BCUT2D eigenvalue weighted by atomic mass is 10.00. The van der Waals surface area contributed by atoms with Gasteiger partial charge in [-0.1, -0.05) is 6.07 Å². The van der Waals surface area contributed by atoms with Crippen molar-refractivity contribution in [3.05, 3.63) is 58.8 Å². The first-order chi connectivity index (χ1) is 15.9. The summed E-state index contributed by atoms with van der Waals surface area (Å²) in [5, 5.41) is 2.44. The molecule has 5 rings (SSSR count). The van der Waals surface area contributed by atoms with Crippen molar-refractivity contribution in [3.63, 3.8) is 0 Å². The first-order valence-electron chi connectivity index (χ1n) is 11.5. The van der Waals surface area contributed by atoms with Crippen LogP contribution in [0.5, 0.6) is 0 Å². The molecule has 0 N–H and O–H groups in total. The highest BCUT2D eigenvalue weighted by Gasteiger charge is 2.22. The van der Waals surface area contributed by atoms with Gasteiger partial charge in [0.2, 0.25) is 5.36 Å². The molecule has 1 aliphatic carbocycles. The van der Waals surface area contributed by atoms with Crippen LogP contribution in [0.4, 0.5) is 5.69 Å². The zero-order valence-electron chi connectivity index (χ0n) is 19.7. The van der Waals surface area contributed by atoms with Gasteiger partial charge in [0.25, 0.3) is 5.91 Å². The summed E-state index contributed by atoms with van der Waals surface area (Å²) in [5.41, 5.74) is 3.67. The summed E-state index contributed by atoms with van der Waals surface area (Å²) in [6.45, 7) is 1.76. The molecule has 2 aromatic rings. The maximum atomic E-state index is 13.1. The molecule has 0 bridgehead atoms. The van der Waals surface area contributed by atoms with Crippen molar-refractivity contribution in [1.82, 2.24) is 9.48 Å². The second kappa shape index (κ2) is 8.92. The summed E-state index contributed by atoms with van der Waals surface area (Å²) in [5.74, 6) is 0.183. The molecule has 0 saturated carbocycles. The standard InChI is InChI=1S/C27H30N3OS2/c1-28(2)18-8-10-20-24(16-18)33-25-17-19(29(3)4)9-11-21(25)26(20)22-12-13-23(32-22)27(31)30-14-6-5-7-15-30/h8-13,16-17H,5-7,14-15H2,1-4H3/q+1. The molecule has 170 valence electrons. The average Bonchev–Trinajstić information content (AvgIpc) is 3.31. The fraction of sp³-hybridized carbons (Fsp3) is 0.333. The molecule has 6 heteroatoms. The van der Waals surface area contributed by atoms with Crippen molar-refractivity contribution in [1.29, 1.82) is 0 Å². The van der Waals surface area contributed by atoms with Gasteiger partial charge in [0.1, 0.15) is 14.1 Å². The van der Waals surface area contributed by atoms with Crippen molar-refractivity contribution >= 4 is 44.4 Å². The molecule has 1 fully saturated rings. The fourth-order valence-corrected chi connectivity index (χ4v) is 6.73. The number of hydrogen-bond donors (Lipinski definition) is 0. The Morgan fingerprint density at radius 3 is 2.42 bits per heavy atom. The minimum absolute atomic E-state index is 0.183. The highest BCUT2D eigenvalue weighted by atomic mass is 32.1. The van der Waals surface area contributed by atoms with Crippen molar-refractivity contribution in [2.75, 3.05) is 46.2 Å². The molecule has 0 spiro atoms. The zero-order valence-corrected chi connectivity index (χ0v) is 21.4. The molecule has 33 heavy (non-hydrogen) atoms. The number of likely N-dealkylation sites (tertiary alicyclic amines) is 1. The zero-order chi connectivity index (χ0) is 23.1. The second-order valence-corrected chi connectivity index (χ2v) is 11.3. The molecular weight excluding hydrogens is 446 g/mol. The van der Waals surface area contributed by atoms with Crippen LogP contribution >= 0.6 is 22.7 Å². The van der Waals surface area contributed by atoms with E-state index in [4.69, 9.17) is 0 Å². The number of thiophene rings is 1. The third kappa shape index (κ3) is 4.18. The normalized spacial score (nSPS) is 14.1. The second-order valence-electron chi connectivity index (χ2n) is 9.14. The molecule has 3 heterocycles. The molecule has 0 atom stereocenters. The Bertz CT molecular complexity index is 1370. The van der Waals surface area contributed by atoms with Crippen molar-refractivity contribution in [3.8, 4) is 20.9 Å². The van der Waals surface area contributed by atoms with E-state index in [1.54, 1.807) is 11.3 Å². The maximum absolute atomic E-state index is 13.1. The van der Waals surface area contributed by atoms with E-state index in [-0.39, 0.29) is 5.91 Å². The maximum Gasteiger partial charge on any atom is 0.263 e. The Labute approximate surface area is 203 Å². The van der Waals surface area contributed by atoms with Crippen LogP contribution in [0.15, 0.2) is 48.5 Å². The lowest BCUT2D eigenvalue weighted by Crippen LogP contribution is -2.35. The van der Waals surface area contributed by atoms with E-state index >= 15 is 0 Å². The molecule has 0 unspecified atom stereocenters. The van der Waals surface area contributed by atoms with E-state index in [2.05, 4.69) is 80.1 Å². The number of anilines is 1. The topological polar surface area (TPSA) is 26.6 Å². The van der Waals surface area contributed by atoms with Crippen LogP contribution in [0.3, 0.4) is 0 Å². The molecule has 1 amide bonds. The molecule has 2 aliphatic heterocycles. The summed E-state index contributed by atoms with van der Waals surface area (Å²) in [6, 6.07) is 17.6. The molecule has 1 aromatic carbocycles. The van der Waals surface area contributed by atoms with Gasteiger partial charge < -0.3 is 9.80 Å². The Morgan fingerprint density at radius 2 is 1.70 bits per heavy atom. The Balaban J connectivity index is 1.70. The van der Waals surface area contributed by atoms with Crippen LogP contribution in [-0.4, -0.2) is 52.1 Å². The highest BCUT2D eigenvalue weighted by Crippen LogP contribution is 2.45. The summed E-state index contributed by atoms with van der Waals surface area (Å²) in [6.07, 6.45) is 3.45. The fourth-order valence-electron chi connectivity index (χ4n) is 4.53. The third-order valence-corrected chi connectivity index (χ3v) is 8.63. The lowest BCUT2D eigenvalue weighted by Gasteiger charge is -2.26. The van der Waals surface area contributed by atoms with Crippen LogP contribution in [0.2, 0.25) is 0 Å². The van der Waals surface area contributed by atoms with E-state index in [1.807, 2.05) is 22.3 Å². The van der Waals surface area contributed by atoms with Crippen molar-refractivity contribution < 1.29 is 4.79 Å².